The van der Waals surface area contributed by atoms with Gasteiger partial charge in [0.05, 0.1) is 10.4 Å². The zero-order valence-electron chi connectivity index (χ0n) is 20.5. The lowest BCUT2D eigenvalue weighted by Gasteiger charge is -2.37. The Morgan fingerprint density at radius 3 is 2.39 bits per heavy atom. The van der Waals surface area contributed by atoms with Crippen LogP contribution in [0.25, 0.3) is 12.2 Å². The Morgan fingerprint density at radius 1 is 1.03 bits per heavy atom. The first-order valence-corrected chi connectivity index (χ1v) is 13.9. The van der Waals surface area contributed by atoms with Gasteiger partial charge in [-0.1, -0.05) is 23.7 Å². The highest BCUT2D eigenvalue weighted by molar-refractivity contribution is 9.10. The molecule has 1 N–H and O–H groups in total. The van der Waals surface area contributed by atoms with Gasteiger partial charge in [0.15, 0.2) is 0 Å². The summed E-state index contributed by atoms with van der Waals surface area (Å²) in [6.07, 6.45) is 9.92. The van der Waals surface area contributed by atoms with Gasteiger partial charge in [0.1, 0.15) is 0 Å². The second-order valence-electron chi connectivity index (χ2n) is 10.3. The van der Waals surface area contributed by atoms with Crippen LogP contribution in [0.15, 0.2) is 34.9 Å². The van der Waals surface area contributed by atoms with Crippen molar-refractivity contribution in [3.63, 3.8) is 0 Å². The number of fused-ring (bicyclic) bond motifs is 2. The van der Waals surface area contributed by atoms with Crippen molar-refractivity contribution in [2.24, 2.45) is 11.8 Å². The van der Waals surface area contributed by atoms with Crippen LogP contribution in [0.3, 0.4) is 0 Å². The molecule has 1 unspecified atom stereocenters. The van der Waals surface area contributed by atoms with Crippen LogP contribution < -0.4 is 4.73 Å². The van der Waals surface area contributed by atoms with Crippen molar-refractivity contribution in [3.05, 3.63) is 62.3 Å². The molecule has 0 radical (unpaired) electrons. The van der Waals surface area contributed by atoms with Crippen LogP contribution in [-0.2, 0) is 9.59 Å². The predicted molar refractivity (Wildman–Crippen MR) is 143 cm³/mol. The summed E-state index contributed by atoms with van der Waals surface area (Å²) in [5.74, 6) is 0.983. The van der Waals surface area contributed by atoms with Gasteiger partial charge in [0.25, 0.3) is 0 Å². The Labute approximate surface area is 225 Å². The summed E-state index contributed by atoms with van der Waals surface area (Å²) in [6, 6.07) is 8.02. The maximum atomic E-state index is 13.1. The molecule has 2 fully saturated rings. The van der Waals surface area contributed by atoms with Crippen molar-refractivity contribution >= 4 is 51.5 Å². The summed E-state index contributed by atoms with van der Waals surface area (Å²) < 4.78 is 2.06. The third-order valence-corrected chi connectivity index (χ3v) is 8.76. The summed E-state index contributed by atoms with van der Waals surface area (Å²) in [5, 5.41) is 11.6. The van der Waals surface area contributed by atoms with Crippen molar-refractivity contribution in [1.82, 2.24) is 9.80 Å². The van der Waals surface area contributed by atoms with Crippen molar-refractivity contribution in [3.8, 4) is 0 Å². The van der Waals surface area contributed by atoms with Crippen molar-refractivity contribution in [1.29, 1.82) is 0 Å². The van der Waals surface area contributed by atoms with Crippen molar-refractivity contribution in [2.75, 3.05) is 26.2 Å². The fourth-order valence-corrected chi connectivity index (χ4v) is 6.74. The van der Waals surface area contributed by atoms with E-state index < -0.39 is 0 Å². The molecule has 6 nitrogen and oxygen atoms in total. The van der Waals surface area contributed by atoms with E-state index in [9.17, 15) is 14.8 Å². The van der Waals surface area contributed by atoms with Crippen LogP contribution in [0.5, 0.6) is 0 Å². The molecule has 2 saturated heterocycles. The van der Waals surface area contributed by atoms with Gasteiger partial charge in [-0.3, -0.25) is 14.8 Å². The second kappa shape index (κ2) is 10.5. The molecule has 2 aliphatic heterocycles. The number of halogens is 2. The van der Waals surface area contributed by atoms with Gasteiger partial charge in [0.2, 0.25) is 23.7 Å². The molecule has 1 aromatic heterocycles. The molecule has 5 rings (SSSR count). The molecule has 0 saturated carbocycles. The molecule has 1 atom stereocenters. The molecule has 0 spiro atoms. The summed E-state index contributed by atoms with van der Waals surface area (Å²) in [7, 11) is 0. The third-order valence-electron chi connectivity index (χ3n) is 8.09. The minimum atomic E-state index is -0.00599. The number of carbonyl (C=O) groups excluding carboxylic acids is 2. The second-order valence-corrected chi connectivity index (χ2v) is 11.7. The minimum Gasteiger partial charge on any atom is -0.343 e. The number of likely N-dealkylation sites (tertiary alicyclic amines) is 2. The van der Waals surface area contributed by atoms with Crippen molar-refractivity contribution < 1.29 is 19.5 Å². The van der Waals surface area contributed by atoms with Crippen LogP contribution in [-0.4, -0.2) is 53.0 Å². The highest BCUT2D eigenvalue weighted by Crippen LogP contribution is 2.43. The van der Waals surface area contributed by atoms with Crippen LogP contribution in [0.4, 0.5) is 0 Å². The van der Waals surface area contributed by atoms with Crippen LogP contribution >= 0.6 is 27.5 Å². The molecule has 8 heteroatoms. The number of benzene rings is 1. The van der Waals surface area contributed by atoms with E-state index in [1.54, 1.807) is 13.1 Å². The normalized spacial score (nSPS) is 20.6. The van der Waals surface area contributed by atoms with Crippen molar-refractivity contribution in [2.45, 2.75) is 44.9 Å². The van der Waals surface area contributed by atoms with E-state index in [0.29, 0.717) is 17.4 Å². The predicted octanol–water partition coefficient (Wildman–Crippen LogP) is 5.13. The maximum Gasteiger partial charge on any atom is 0.249 e. The van der Waals surface area contributed by atoms with E-state index in [1.807, 2.05) is 34.1 Å². The van der Waals surface area contributed by atoms with E-state index in [0.717, 1.165) is 78.7 Å². The fraction of sp³-hybridized carbons (Fsp3) is 0.464. The van der Waals surface area contributed by atoms with Crippen LogP contribution in [0.2, 0.25) is 5.02 Å². The standard InChI is InChI=1S/C28H32BrClN3O3/c1-18(34)31-10-6-19(7-11-31)14-26(35)32-12-8-20(9-13-32)27-25-5-4-24(30)16-21(25)2-3-22-15-23(29)17-33(36)28(22)27/h2-5,15-17,19-20,27,36H,6-14H2,1H3/q+1. The van der Waals surface area contributed by atoms with E-state index >= 15 is 0 Å². The van der Waals surface area contributed by atoms with E-state index in [1.165, 1.54) is 4.73 Å². The highest BCUT2D eigenvalue weighted by Gasteiger charge is 2.39. The molecule has 0 bridgehead atoms. The maximum absolute atomic E-state index is 13.1. The zero-order valence-corrected chi connectivity index (χ0v) is 22.8. The zero-order chi connectivity index (χ0) is 25.4. The summed E-state index contributed by atoms with van der Waals surface area (Å²) >= 11 is 9.83. The number of hydrogen-bond donors (Lipinski definition) is 1. The molecule has 1 aromatic carbocycles. The first-order chi connectivity index (χ1) is 17.3. The van der Waals surface area contributed by atoms with Gasteiger partial charge >= 0.3 is 0 Å². The monoisotopic (exact) mass is 572 g/mol. The molecule has 3 aliphatic rings. The SMILES string of the molecule is CC(=O)N1CCC(CC(=O)N2CCC(C3c4ccc(Cl)cc4C=Cc4cc(Br)c[n+](O)c43)CC2)CC1. The van der Waals surface area contributed by atoms with Gasteiger partial charge in [-0.2, -0.15) is 0 Å². The number of hydrogen-bond acceptors (Lipinski definition) is 3. The Hall–Kier alpha value is -2.38. The van der Waals surface area contributed by atoms with Crippen LogP contribution in [0.1, 0.15) is 67.3 Å². The van der Waals surface area contributed by atoms with Gasteiger partial charge in [-0.25, -0.2) is 0 Å². The first-order valence-electron chi connectivity index (χ1n) is 12.8. The first kappa shape index (κ1) is 25.3. The summed E-state index contributed by atoms with van der Waals surface area (Å²) in [4.78, 5) is 28.6. The topological polar surface area (TPSA) is 64.7 Å². The van der Waals surface area contributed by atoms with Crippen LogP contribution in [0, 0.1) is 11.8 Å². The lowest BCUT2D eigenvalue weighted by Crippen LogP contribution is -2.44. The Bertz CT molecular complexity index is 1200. The van der Waals surface area contributed by atoms with Gasteiger partial charge < -0.3 is 9.80 Å². The van der Waals surface area contributed by atoms with E-state index in [2.05, 4.69) is 28.1 Å². The van der Waals surface area contributed by atoms with E-state index in [4.69, 9.17) is 11.6 Å². The summed E-state index contributed by atoms with van der Waals surface area (Å²) in [6.45, 7) is 4.57. The molecular formula is C28H32BrClN3O3+. The number of piperidine rings is 2. The number of aromatic nitrogens is 1. The number of nitrogens with zero attached hydrogens (tertiary/aromatic N) is 3. The molecule has 190 valence electrons. The molecular weight excluding hydrogens is 542 g/mol. The number of amides is 2. The van der Waals surface area contributed by atoms with Gasteiger partial charge in [0, 0.05) is 54.8 Å². The van der Waals surface area contributed by atoms with Gasteiger partial charge in [-0.05, 0) is 88.9 Å². The Kier molecular flexibility index (Phi) is 7.40. The number of rotatable bonds is 3. The van der Waals surface area contributed by atoms with E-state index in [-0.39, 0.29) is 23.7 Å². The molecule has 1 aliphatic carbocycles. The smallest absolute Gasteiger partial charge is 0.249 e. The minimum absolute atomic E-state index is 0.00599. The molecule has 3 heterocycles. The number of pyridine rings is 1. The Balaban J connectivity index is 1.31. The number of carbonyl (C=O) groups is 2. The molecule has 36 heavy (non-hydrogen) atoms. The third kappa shape index (κ3) is 5.18. The highest BCUT2D eigenvalue weighted by atomic mass is 79.9. The fourth-order valence-electron chi connectivity index (χ4n) is 6.12. The molecule has 2 amide bonds. The average molecular weight is 574 g/mol. The lowest BCUT2D eigenvalue weighted by atomic mass is 9.76. The quantitative estimate of drug-likeness (QED) is 0.409. The largest absolute Gasteiger partial charge is 0.343 e. The lowest BCUT2D eigenvalue weighted by molar-refractivity contribution is -0.910. The summed E-state index contributed by atoms with van der Waals surface area (Å²) in [5.41, 5.74) is 4.06. The average Bonchev–Trinajstić information content (AvgIpc) is 3.01. The molecule has 2 aromatic rings. The Morgan fingerprint density at radius 2 is 1.69 bits per heavy atom. The van der Waals surface area contributed by atoms with Gasteiger partial charge in [-0.15, -0.1) is 0 Å².